The molecule has 0 heterocycles. The third-order valence-electron chi connectivity index (χ3n) is 5.81. The van der Waals surface area contributed by atoms with Crippen LogP contribution in [0.25, 0.3) is 11.1 Å². The molecule has 1 aliphatic rings. The van der Waals surface area contributed by atoms with Crippen LogP contribution >= 0.6 is 0 Å². The lowest BCUT2D eigenvalue weighted by Crippen LogP contribution is -2.44. The maximum absolute atomic E-state index is 11.1. The molecule has 0 amide bonds. The molecule has 0 aliphatic heterocycles. The van der Waals surface area contributed by atoms with Crippen molar-refractivity contribution in [2.45, 2.75) is 58.7 Å². The molecule has 0 aromatic heterocycles. The largest absolute Gasteiger partial charge is 0.543 e. The van der Waals surface area contributed by atoms with Crippen molar-refractivity contribution in [1.29, 1.82) is 0 Å². The van der Waals surface area contributed by atoms with Crippen LogP contribution in [0.3, 0.4) is 0 Å². The molecule has 0 N–H and O–H groups in total. The van der Waals surface area contributed by atoms with Crippen molar-refractivity contribution in [1.82, 2.24) is 0 Å². The van der Waals surface area contributed by atoms with Gasteiger partial charge in [0.15, 0.2) is 0 Å². The molecule has 0 saturated heterocycles. The number of fused-ring (bicyclic) bond motifs is 1. The summed E-state index contributed by atoms with van der Waals surface area (Å²) in [5.74, 6) is 1.08. The predicted octanol–water partition coefficient (Wildman–Crippen LogP) is 5.96. The van der Waals surface area contributed by atoms with Gasteiger partial charge in [0.1, 0.15) is 12.0 Å². The van der Waals surface area contributed by atoms with Crippen molar-refractivity contribution >= 4 is 14.6 Å². The predicted molar refractivity (Wildman–Crippen MR) is 107 cm³/mol. The van der Waals surface area contributed by atoms with Crippen LogP contribution in [-0.2, 0) is 12.8 Å². The molecule has 0 atom stereocenters. The molecule has 2 aromatic rings. The van der Waals surface area contributed by atoms with Gasteiger partial charge in [0.2, 0.25) is 8.32 Å². The Bertz CT molecular complexity index is 829. The van der Waals surface area contributed by atoms with Crippen molar-refractivity contribution in [3.05, 3.63) is 52.6 Å². The molecule has 3 rings (SSSR count). The standard InChI is InChI=1S/C22H28O2Si/c1-15-12-20(24-25(5,6)22(2,3)4)18-10-11-19(18)21(15)17-9-7-8-16(13-17)14-23/h7-9,12-14H,10-11H2,1-6H3. The van der Waals surface area contributed by atoms with Gasteiger partial charge < -0.3 is 4.43 Å². The van der Waals surface area contributed by atoms with E-state index in [1.54, 1.807) is 0 Å². The van der Waals surface area contributed by atoms with E-state index in [1.165, 1.54) is 22.3 Å². The van der Waals surface area contributed by atoms with Gasteiger partial charge in [0.25, 0.3) is 0 Å². The Hall–Kier alpha value is -1.87. The minimum atomic E-state index is -1.85. The lowest BCUT2D eigenvalue weighted by Gasteiger charge is -2.39. The van der Waals surface area contributed by atoms with Crippen LogP contribution in [0.15, 0.2) is 30.3 Å². The SMILES string of the molecule is Cc1cc(O[Si](C)(C)C(C)(C)C)c2c(c1-c1cccc(C=O)c1)CC2. The summed E-state index contributed by atoms with van der Waals surface area (Å²) in [5, 5.41) is 0.189. The Balaban J connectivity index is 2.06. The van der Waals surface area contributed by atoms with Crippen molar-refractivity contribution in [3.8, 4) is 16.9 Å². The summed E-state index contributed by atoms with van der Waals surface area (Å²) in [6, 6.07) is 10.1. The second-order valence-corrected chi connectivity index (χ2v) is 13.4. The third-order valence-corrected chi connectivity index (χ3v) is 10.2. The number of hydrogen-bond acceptors (Lipinski definition) is 2. The fourth-order valence-corrected chi connectivity index (χ4v) is 4.24. The molecule has 132 valence electrons. The van der Waals surface area contributed by atoms with E-state index < -0.39 is 8.32 Å². The van der Waals surface area contributed by atoms with Gasteiger partial charge in [-0.05, 0) is 77.8 Å². The Morgan fingerprint density at radius 1 is 1.08 bits per heavy atom. The van der Waals surface area contributed by atoms with E-state index >= 15 is 0 Å². The van der Waals surface area contributed by atoms with Crippen LogP contribution in [0.1, 0.15) is 47.8 Å². The maximum Gasteiger partial charge on any atom is 0.250 e. The first-order valence-electron chi connectivity index (χ1n) is 9.04. The lowest BCUT2D eigenvalue weighted by atomic mass is 9.79. The average Bonchev–Trinajstić information content (AvgIpc) is 2.48. The fraction of sp³-hybridized carbons (Fsp3) is 0.409. The number of benzene rings is 2. The van der Waals surface area contributed by atoms with Crippen LogP contribution < -0.4 is 4.43 Å². The molecule has 0 saturated carbocycles. The molecule has 0 spiro atoms. The summed E-state index contributed by atoms with van der Waals surface area (Å²) in [7, 11) is -1.85. The van der Waals surface area contributed by atoms with Gasteiger partial charge in [-0.2, -0.15) is 0 Å². The summed E-state index contributed by atoms with van der Waals surface area (Å²) >= 11 is 0. The zero-order valence-corrected chi connectivity index (χ0v) is 17.2. The highest BCUT2D eigenvalue weighted by molar-refractivity contribution is 6.74. The number of aldehydes is 1. The maximum atomic E-state index is 11.1. The first-order chi connectivity index (χ1) is 11.6. The third kappa shape index (κ3) is 3.18. The Kier molecular flexibility index (Phi) is 4.40. The molecule has 0 unspecified atom stereocenters. The zero-order valence-electron chi connectivity index (χ0n) is 16.2. The molecule has 2 nitrogen and oxygen atoms in total. The number of carbonyl (C=O) groups is 1. The van der Waals surface area contributed by atoms with Gasteiger partial charge in [0, 0.05) is 5.56 Å². The van der Waals surface area contributed by atoms with Crippen molar-refractivity contribution < 1.29 is 9.22 Å². The van der Waals surface area contributed by atoms with Gasteiger partial charge in [-0.15, -0.1) is 0 Å². The fourth-order valence-electron chi connectivity index (χ4n) is 3.21. The first kappa shape index (κ1) is 17.9. The zero-order chi connectivity index (χ0) is 18.4. The summed E-state index contributed by atoms with van der Waals surface area (Å²) in [4.78, 5) is 11.1. The highest BCUT2D eigenvalue weighted by Crippen LogP contribution is 2.45. The van der Waals surface area contributed by atoms with E-state index in [2.05, 4.69) is 52.9 Å². The highest BCUT2D eigenvalue weighted by Gasteiger charge is 2.40. The van der Waals surface area contributed by atoms with Crippen molar-refractivity contribution in [2.75, 3.05) is 0 Å². The van der Waals surface area contributed by atoms with Gasteiger partial charge in [-0.3, -0.25) is 4.79 Å². The van der Waals surface area contributed by atoms with Crippen LogP contribution in [0, 0.1) is 6.92 Å². The van der Waals surface area contributed by atoms with Gasteiger partial charge in [-0.1, -0.05) is 39.0 Å². The number of hydrogen-bond donors (Lipinski definition) is 0. The molecule has 2 aromatic carbocycles. The van der Waals surface area contributed by atoms with E-state index in [1.807, 2.05) is 18.2 Å². The quantitative estimate of drug-likeness (QED) is 0.501. The molecular weight excluding hydrogens is 324 g/mol. The van der Waals surface area contributed by atoms with Crippen LogP contribution in [-0.4, -0.2) is 14.6 Å². The van der Waals surface area contributed by atoms with Crippen LogP contribution in [0.4, 0.5) is 0 Å². The molecule has 0 bridgehead atoms. The molecule has 3 heteroatoms. The van der Waals surface area contributed by atoms with E-state index in [4.69, 9.17) is 4.43 Å². The Morgan fingerprint density at radius 2 is 1.76 bits per heavy atom. The van der Waals surface area contributed by atoms with E-state index in [0.717, 1.165) is 36.0 Å². The van der Waals surface area contributed by atoms with Gasteiger partial charge in [-0.25, -0.2) is 0 Å². The summed E-state index contributed by atoms with van der Waals surface area (Å²) in [5.41, 5.74) is 7.14. The Labute approximate surface area is 152 Å². The van der Waals surface area contributed by atoms with E-state index in [0.29, 0.717) is 0 Å². The number of rotatable bonds is 4. The second-order valence-electron chi connectivity index (χ2n) is 8.63. The summed E-state index contributed by atoms with van der Waals surface area (Å²) in [6.45, 7) is 13.6. The molecule has 25 heavy (non-hydrogen) atoms. The smallest absolute Gasteiger partial charge is 0.250 e. The molecule has 0 fully saturated rings. The van der Waals surface area contributed by atoms with E-state index in [9.17, 15) is 4.79 Å². The van der Waals surface area contributed by atoms with E-state index in [-0.39, 0.29) is 5.04 Å². The number of aryl methyl sites for hydroxylation is 1. The summed E-state index contributed by atoms with van der Waals surface area (Å²) in [6.07, 6.45) is 3.09. The molecule has 0 radical (unpaired) electrons. The van der Waals surface area contributed by atoms with Crippen LogP contribution in [0.2, 0.25) is 18.1 Å². The van der Waals surface area contributed by atoms with Gasteiger partial charge in [0.05, 0.1) is 0 Å². The minimum Gasteiger partial charge on any atom is -0.543 e. The number of carbonyl (C=O) groups excluding carboxylic acids is 1. The normalized spacial score (nSPS) is 13.8. The van der Waals surface area contributed by atoms with Crippen LogP contribution in [0.5, 0.6) is 5.75 Å². The van der Waals surface area contributed by atoms with Gasteiger partial charge >= 0.3 is 0 Å². The van der Waals surface area contributed by atoms with Crippen molar-refractivity contribution in [3.63, 3.8) is 0 Å². The second kappa shape index (κ2) is 6.13. The minimum absolute atomic E-state index is 0.189. The molecular formula is C22H28O2Si. The first-order valence-corrected chi connectivity index (χ1v) is 11.9. The summed E-state index contributed by atoms with van der Waals surface area (Å²) < 4.78 is 6.63. The topological polar surface area (TPSA) is 26.3 Å². The molecule has 1 aliphatic carbocycles. The lowest BCUT2D eigenvalue weighted by molar-refractivity contribution is 0.112. The monoisotopic (exact) mass is 352 g/mol. The average molecular weight is 353 g/mol. The van der Waals surface area contributed by atoms with Crippen molar-refractivity contribution in [2.24, 2.45) is 0 Å². The Morgan fingerprint density at radius 3 is 2.32 bits per heavy atom. The highest BCUT2D eigenvalue weighted by atomic mass is 28.4.